The van der Waals surface area contributed by atoms with Crippen molar-refractivity contribution in [2.45, 2.75) is 26.0 Å². The number of nitrogens with two attached hydrogens (primary N) is 1. The second-order valence-electron chi connectivity index (χ2n) is 4.32. The van der Waals surface area contributed by atoms with Gasteiger partial charge in [0, 0.05) is 32.4 Å². The average molecular weight is 284 g/mol. The minimum atomic E-state index is -0.718. The van der Waals surface area contributed by atoms with Crippen LogP contribution in [0.5, 0.6) is 5.75 Å². The van der Waals surface area contributed by atoms with E-state index in [4.69, 9.17) is 15.2 Å². The third-order valence-electron chi connectivity index (χ3n) is 2.78. The number of amides is 1. The van der Waals surface area contributed by atoms with Crippen molar-refractivity contribution in [1.29, 1.82) is 0 Å². The van der Waals surface area contributed by atoms with E-state index in [2.05, 4.69) is 5.32 Å². The van der Waals surface area contributed by atoms with Gasteiger partial charge in [-0.3, -0.25) is 4.79 Å². The molecule has 0 spiro atoms. The molecule has 20 heavy (non-hydrogen) atoms. The number of benzene rings is 1. The predicted octanol–water partition coefficient (Wildman–Crippen LogP) is 1.20. The highest BCUT2D eigenvalue weighted by atomic mass is 19.1. The summed E-state index contributed by atoms with van der Waals surface area (Å²) in [7, 11) is 1.60. The van der Waals surface area contributed by atoms with Crippen LogP contribution in [-0.4, -0.2) is 32.3 Å². The number of halogens is 1. The number of rotatable bonds is 8. The molecular weight excluding hydrogens is 263 g/mol. The molecule has 0 aliphatic heterocycles. The second-order valence-corrected chi connectivity index (χ2v) is 4.32. The molecule has 0 aromatic heterocycles. The summed E-state index contributed by atoms with van der Waals surface area (Å²) in [5.41, 5.74) is 5.75. The van der Waals surface area contributed by atoms with Crippen molar-refractivity contribution in [3.63, 3.8) is 0 Å². The van der Waals surface area contributed by atoms with Crippen LogP contribution < -0.4 is 15.8 Å². The second kappa shape index (κ2) is 8.50. The van der Waals surface area contributed by atoms with Gasteiger partial charge in [0.25, 0.3) is 5.91 Å². The first-order valence-corrected chi connectivity index (χ1v) is 6.51. The normalized spacial score (nSPS) is 12.0. The number of methoxy groups -OCH3 is 1. The molecule has 0 aliphatic rings. The molecule has 1 unspecified atom stereocenters. The molecule has 0 saturated carbocycles. The molecule has 0 saturated heterocycles. The molecule has 0 heterocycles. The molecule has 5 nitrogen and oxygen atoms in total. The van der Waals surface area contributed by atoms with Crippen LogP contribution in [0.3, 0.4) is 0 Å². The Kier molecular flexibility index (Phi) is 6.97. The van der Waals surface area contributed by atoms with E-state index in [-0.39, 0.29) is 18.0 Å². The Morgan fingerprint density at radius 2 is 2.25 bits per heavy atom. The SMILES string of the molecule is COCCCNC(=O)C(C)Oc1cccc(F)c1CN. The summed E-state index contributed by atoms with van der Waals surface area (Å²) in [4.78, 5) is 11.8. The van der Waals surface area contributed by atoms with Gasteiger partial charge in [0.05, 0.1) is 0 Å². The summed E-state index contributed by atoms with van der Waals surface area (Å²) in [6.07, 6.45) is 0.00725. The molecule has 3 N–H and O–H groups in total. The maximum Gasteiger partial charge on any atom is 0.260 e. The molecule has 0 bridgehead atoms. The highest BCUT2D eigenvalue weighted by Crippen LogP contribution is 2.22. The molecule has 0 fully saturated rings. The van der Waals surface area contributed by atoms with Crippen LogP contribution in [0.4, 0.5) is 4.39 Å². The summed E-state index contributed by atoms with van der Waals surface area (Å²) in [6.45, 7) is 2.71. The van der Waals surface area contributed by atoms with Gasteiger partial charge in [-0.05, 0) is 25.5 Å². The number of hydrogen-bond donors (Lipinski definition) is 2. The fourth-order valence-corrected chi connectivity index (χ4v) is 1.66. The lowest BCUT2D eigenvalue weighted by molar-refractivity contribution is -0.127. The van der Waals surface area contributed by atoms with Crippen molar-refractivity contribution in [3.05, 3.63) is 29.6 Å². The monoisotopic (exact) mass is 284 g/mol. The van der Waals surface area contributed by atoms with Gasteiger partial charge >= 0.3 is 0 Å². The highest BCUT2D eigenvalue weighted by Gasteiger charge is 2.16. The third kappa shape index (κ3) is 4.79. The minimum absolute atomic E-state index is 0.0180. The summed E-state index contributed by atoms with van der Waals surface area (Å²) >= 11 is 0. The molecule has 1 aromatic carbocycles. The van der Waals surface area contributed by atoms with Crippen LogP contribution in [0.15, 0.2) is 18.2 Å². The molecule has 0 radical (unpaired) electrons. The van der Waals surface area contributed by atoms with E-state index in [1.807, 2.05) is 0 Å². The Morgan fingerprint density at radius 1 is 1.50 bits per heavy atom. The fraction of sp³-hybridized carbons (Fsp3) is 0.500. The maximum atomic E-state index is 13.5. The number of carbonyl (C=O) groups is 1. The zero-order chi connectivity index (χ0) is 15.0. The van der Waals surface area contributed by atoms with E-state index in [0.717, 1.165) is 6.42 Å². The van der Waals surface area contributed by atoms with E-state index in [1.54, 1.807) is 20.1 Å². The van der Waals surface area contributed by atoms with Gasteiger partial charge in [0.2, 0.25) is 0 Å². The van der Waals surface area contributed by atoms with Crippen molar-refractivity contribution < 1.29 is 18.7 Å². The third-order valence-corrected chi connectivity index (χ3v) is 2.78. The van der Waals surface area contributed by atoms with Crippen LogP contribution in [0, 0.1) is 5.82 Å². The number of nitrogens with one attached hydrogen (secondary N) is 1. The Labute approximate surface area is 118 Å². The number of carbonyl (C=O) groups excluding carboxylic acids is 1. The van der Waals surface area contributed by atoms with E-state index in [0.29, 0.717) is 18.9 Å². The molecular formula is C14H21FN2O3. The number of hydrogen-bond acceptors (Lipinski definition) is 4. The Morgan fingerprint density at radius 3 is 2.90 bits per heavy atom. The van der Waals surface area contributed by atoms with Crippen molar-refractivity contribution >= 4 is 5.91 Å². The van der Waals surface area contributed by atoms with Gasteiger partial charge < -0.3 is 20.5 Å². The Balaban J connectivity index is 2.55. The average Bonchev–Trinajstić information content (AvgIpc) is 2.43. The van der Waals surface area contributed by atoms with Crippen LogP contribution in [0.2, 0.25) is 0 Å². The van der Waals surface area contributed by atoms with Gasteiger partial charge in [-0.1, -0.05) is 6.07 Å². The van der Waals surface area contributed by atoms with E-state index in [1.165, 1.54) is 12.1 Å². The van der Waals surface area contributed by atoms with Gasteiger partial charge in [-0.15, -0.1) is 0 Å². The standard InChI is InChI=1S/C14H21FN2O3/c1-10(14(18)17-7-4-8-19-2)20-13-6-3-5-12(15)11(13)9-16/h3,5-6,10H,4,7-9,16H2,1-2H3,(H,17,18). The quantitative estimate of drug-likeness (QED) is 0.704. The van der Waals surface area contributed by atoms with Crippen molar-refractivity contribution in [2.75, 3.05) is 20.3 Å². The lowest BCUT2D eigenvalue weighted by atomic mass is 10.2. The van der Waals surface area contributed by atoms with E-state index >= 15 is 0 Å². The lowest BCUT2D eigenvalue weighted by Gasteiger charge is -2.17. The largest absolute Gasteiger partial charge is 0.480 e. The molecule has 112 valence electrons. The van der Waals surface area contributed by atoms with Crippen LogP contribution >= 0.6 is 0 Å². The first kappa shape index (κ1) is 16.4. The summed E-state index contributed by atoms with van der Waals surface area (Å²) in [5, 5.41) is 2.72. The maximum absolute atomic E-state index is 13.5. The first-order valence-electron chi connectivity index (χ1n) is 6.51. The molecule has 1 aromatic rings. The van der Waals surface area contributed by atoms with Crippen LogP contribution in [0.1, 0.15) is 18.9 Å². The Bertz CT molecular complexity index is 440. The molecule has 1 atom stereocenters. The van der Waals surface area contributed by atoms with Crippen molar-refractivity contribution in [2.24, 2.45) is 5.73 Å². The van der Waals surface area contributed by atoms with Crippen molar-refractivity contribution in [1.82, 2.24) is 5.32 Å². The van der Waals surface area contributed by atoms with Gasteiger partial charge in [-0.2, -0.15) is 0 Å². The predicted molar refractivity (Wildman–Crippen MR) is 73.9 cm³/mol. The first-order chi connectivity index (χ1) is 9.60. The number of ether oxygens (including phenoxy) is 2. The van der Waals surface area contributed by atoms with Crippen molar-refractivity contribution in [3.8, 4) is 5.75 Å². The molecule has 1 amide bonds. The smallest absolute Gasteiger partial charge is 0.260 e. The van der Waals surface area contributed by atoms with Gasteiger partial charge in [0.1, 0.15) is 11.6 Å². The van der Waals surface area contributed by atoms with E-state index < -0.39 is 11.9 Å². The highest BCUT2D eigenvalue weighted by molar-refractivity contribution is 5.80. The topological polar surface area (TPSA) is 73.6 Å². The van der Waals surface area contributed by atoms with Gasteiger partial charge in [-0.25, -0.2) is 4.39 Å². The zero-order valence-corrected chi connectivity index (χ0v) is 11.8. The van der Waals surface area contributed by atoms with Crippen LogP contribution in [-0.2, 0) is 16.1 Å². The van der Waals surface area contributed by atoms with Gasteiger partial charge in [0.15, 0.2) is 6.10 Å². The lowest BCUT2D eigenvalue weighted by Crippen LogP contribution is -2.37. The fourth-order valence-electron chi connectivity index (χ4n) is 1.66. The minimum Gasteiger partial charge on any atom is -0.480 e. The molecule has 0 aliphatic carbocycles. The Hall–Kier alpha value is -1.66. The van der Waals surface area contributed by atoms with E-state index in [9.17, 15) is 9.18 Å². The molecule has 6 heteroatoms. The molecule has 1 rings (SSSR count). The summed E-state index contributed by atoms with van der Waals surface area (Å²) in [5.74, 6) is -0.391. The zero-order valence-electron chi connectivity index (χ0n) is 11.8. The van der Waals surface area contributed by atoms with Crippen LogP contribution in [0.25, 0.3) is 0 Å². The summed E-state index contributed by atoms with van der Waals surface area (Å²) < 4.78 is 23.9. The summed E-state index contributed by atoms with van der Waals surface area (Å²) in [6, 6.07) is 4.43.